The van der Waals surface area contributed by atoms with Crippen LogP contribution in [-0.2, 0) is 0 Å². The number of benzene rings is 1. The summed E-state index contributed by atoms with van der Waals surface area (Å²) in [7, 11) is 0. The summed E-state index contributed by atoms with van der Waals surface area (Å²) in [5.74, 6) is 1.51. The van der Waals surface area contributed by atoms with Gasteiger partial charge in [0.1, 0.15) is 0 Å². The Morgan fingerprint density at radius 1 is 1.10 bits per heavy atom. The summed E-state index contributed by atoms with van der Waals surface area (Å²) < 4.78 is 10.7. The van der Waals surface area contributed by atoms with E-state index in [2.05, 4.69) is 4.90 Å². The SMILES string of the molecule is O=C(c1ccc2c(c1)OCO2)N1CCN2CCCCC2C1. The molecule has 0 aromatic heterocycles. The van der Waals surface area contributed by atoms with Crippen LogP contribution in [0.1, 0.15) is 29.6 Å². The Balaban J connectivity index is 1.49. The first-order valence-electron chi connectivity index (χ1n) is 7.74. The van der Waals surface area contributed by atoms with Crippen molar-refractivity contribution >= 4 is 5.91 Å². The largest absolute Gasteiger partial charge is 0.454 e. The van der Waals surface area contributed by atoms with E-state index in [1.807, 2.05) is 17.0 Å². The lowest BCUT2D eigenvalue weighted by molar-refractivity contribution is 0.0372. The van der Waals surface area contributed by atoms with Crippen molar-refractivity contribution < 1.29 is 14.3 Å². The molecule has 5 heteroatoms. The zero-order valence-corrected chi connectivity index (χ0v) is 12.1. The Morgan fingerprint density at radius 3 is 2.95 bits per heavy atom. The summed E-state index contributed by atoms with van der Waals surface area (Å²) >= 11 is 0. The fraction of sp³-hybridized carbons (Fsp3) is 0.562. The molecule has 4 rings (SSSR count). The van der Waals surface area contributed by atoms with E-state index in [-0.39, 0.29) is 12.7 Å². The Morgan fingerprint density at radius 2 is 2.00 bits per heavy atom. The molecule has 0 radical (unpaired) electrons. The highest BCUT2D eigenvalue weighted by Crippen LogP contribution is 2.33. The Kier molecular flexibility index (Phi) is 3.22. The van der Waals surface area contributed by atoms with Crippen LogP contribution in [-0.4, -0.2) is 54.7 Å². The summed E-state index contributed by atoms with van der Waals surface area (Å²) in [5.41, 5.74) is 0.698. The highest BCUT2D eigenvalue weighted by Gasteiger charge is 2.31. The van der Waals surface area contributed by atoms with Crippen LogP contribution in [0.4, 0.5) is 0 Å². The third-order valence-corrected chi connectivity index (χ3v) is 4.74. The normalized spacial score (nSPS) is 24.8. The van der Waals surface area contributed by atoms with E-state index in [4.69, 9.17) is 9.47 Å². The first-order valence-corrected chi connectivity index (χ1v) is 7.74. The third-order valence-electron chi connectivity index (χ3n) is 4.74. The summed E-state index contributed by atoms with van der Waals surface area (Å²) in [6.45, 7) is 4.11. The number of hydrogen-bond donors (Lipinski definition) is 0. The minimum atomic E-state index is 0.110. The Hall–Kier alpha value is -1.75. The second-order valence-electron chi connectivity index (χ2n) is 6.00. The van der Waals surface area contributed by atoms with E-state index in [1.54, 1.807) is 6.07 Å². The van der Waals surface area contributed by atoms with Gasteiger partial charge in [0.25, 0.3) is 5.91 Å². The summed E-state index contributed by atoms with van der Waals surface area (Å²) in [5, 5.41) is 0. The number of ether oxygens (including phenoxy) is 2. The van der Waals surface area contributed by atoms with Crippen molar-refractivity contribution in [1.82, 2.24) is 9.80 Å². The average Bonchev–Trinajstić information content (AvgIpc) is 3.01. The fourth-order valence-corrected chi connectivity index (χ4v) is 3.55. The lowest BCUT2D eigenvalue weighted by Crippen LogP contribution is -2.56. The molecular weight excluding hydrogens is 268 g/mol. The van der Waals surface area contributed by atoms with Crippen LogP contribution in [0.5, 0.6) is 11.5 Å². The molecule has 1 aromatic carbocycles. The average molecular weight is 288 g/mol. The van der Waals surface area contributed by atoms with E-state index in [9.17, 15) is 4.79 Å². The second kappa shape index (κ2) is 5.22. The maximum atomic E-state index is 12.7. The molecule has 2 saturated heterocycles. The Bertz CT molecular complexity index is 560. The smallest absolute Gasteiger partial charge is 0.254 e. The molecule has 1 atom stereocenters. The van der Waals surface area contributed by atoms with Crippen molar-refractivity contribution in [2.24, 2.45) is 0 Å². The Labute approximate surface area is 124 Å². The van der Waals surface area contributed by atoms with E-state index < -0.39 is 0 Å². The van der Waals surface area contributed by atoms with Gasteiger partial charge in [-0.1, -0.05) is 6.42 Å². The standard InChI is InChI=1S/C16H20N2O3/c19-16(12-4-5-14-15(9-12)21-11-20-14)18-8-7-17-6-2-1-3-13(17)10-18/h4-5,9,13H,1-3,6-8,10-11H2. The van der Waals surface area contributed by atoms with E-state index in [1.165, 1.54) is 25.8 Å². The molecule has 5 nitrogen and oxygen atoms in total. The molecule has 1 aromatic rings. The van der Waals surface area contributed by atoms with Gasteiger partial charge in [-0.3, -0.25) is 9.69 Å². The van der Waals surface area contributed by atoms with Crippen molar-refractivity contribution in [3.63, 3.8) is 0 Å². The van der Waals surface area contributed by atoms with Crippen molar-refractivity contribution in [3.8, 4) is 11.5 Å². The third kappa shape index (κ3) is 2.35. The molecule has 0 aliphatic carbocycles. The van der Waals surface area contributed by atoms with Gasteiger partial charge in [-0.05, 0) is 37.6 Å². The van der Waals surface area contributed by atoms with Gasteiger partial charge in [0, 0.05) is 31.2 Å². The van der Waals surface area contributed by atoms with Crippen LogP contribution in [0.25, 0.3) is 0 Å². The predicted molar refractivity (Wildman–Crippen MR) is 77.7 cm³/mol. The zero-order valence-electron chi connectivity index (χ0n) is 12.1. The molecule has 112 valence electrons. The summed E-state index contributed by atoms with van der Waals surface area (Å²) in [6.07, 6.45) is 3.80. The van der Waals surface area contributed by atoms with Gasteiger partial charge in [-0.15, -0.1) is 0 Å². The molecule has 0 spiro atoms. The van der Waals surface area contributed by atoms with E-state index in [0.29, 0.717) is 17.4 Å². The number of hydrogen-bond acceptors (Lipinski definition) is 4. The van der Waals surface area contributed by atoms with Gasteiger partial charge in [-0.2, -0.15) is 0 Å². The number of piperazine rings is 1. The number of fused-ring (bicyclic) bond motifs is 2. The molecule has 3 aliphatic heterocycles. The zero-order chi connectivity index (χ0) is 14.2. The van der Waals surface area contributed by atoms with Gasteiger partial charge < -0.3 is 14.4 Å². The number of nitrogens with zero attached hydrogens (tertiary/aromatic N) is 2. The summed E-state index contributed by atoms with van der Waals surface area (Å²) in [6, 6.07) is 6.01. The molecular formula is C16H20N2O3. The molecule has 2 fully saturated rings. The van der Waals surface area contributed by atoms with E-state index in [0.717, 1.165) is 25.4 Å². The van der Waals surface area contributed by atoms with E-state index >= 15 is 0 Å². The molecule has 0 bridgehead atoms. The molecule has 1 amide bonds. The number of piperidine rings is 1. The number of rotatable bonds is 1. The summed E-state index contributed by atoms with van der Waals surface area (Å²) in [4.78, 5) is 17.2. The fourth-order valence-electron chi connectivity index (χ4n) is 3.55. The maximum absolute atomic E-state index is 12.7. The van der Waals surface area contributed by atoms with Crippen LogP contribution >= 0.6 is 0 Å². The van der Waals surface area contributed by atoms with Gasteiger partial charge >= 0.3 is 0 Å². The monoisotopic (exact) mass is 288 g/mol. The number of amides is 1. The highest BCUT2D eigenvalue weighted by atomic mass is 16.7. The van der Waals surface area contributed by atoms with Crippen LogP contribution in [0.15, 0.2) is 18.2 Å². The highest BCUT2D eigenvalue weighted by molar-refractivity contribution is 5.95. The van der Waals surface area contributed by atoms with Crippen LogP contribution in [0.2, 0.25) is 0 Å². The van der Waals surface area contributed by atoms with Crippen molar-refractivity contribution in [2.45, 2.75) is 25.3 Å². The second-order valence-corrected chi connectivity index (χ2v) is 6.00. The minimum absolute atomic E-state index is 0.110. The van der Waals surface area contributed by atoms with Crippen molar-refractivity contribution in [3.05, 3.63) is 23.8 Å². The molecule has 0 saturated carbocycles. The van der Waals surface area contributed by atoms with Gasteiger partial charge in [0.05, 0.1) is 0 Å². The van der Waals surface area contributed by atoms with Crippen molar-refractivity contribution in [1.29, 1.82) is 0 Å². The molecule has 21 heavy (non-hydrogen) atoms. The van der Waals surface area contributed by atoms with Gasteiger partial charge in [-0.25, -0.2) is 0 Å². The quantitative estimate of drug-likeness (QED) is 0.789. The first-order chi connectivity index (χ1) is 10.3. The van der Waals surface area contributed by atoms with Gasteiger partial charge in [0.15, 0.2) is 11.5 Å². The van der Waals surface area contributed by atoms with Crippen molar-refractivity contribution in [2.75, 3.05) is 33.0 Å². The molecule has 3 aliphatic rings. The molecule has 3 heterocycles. The molecule has 0 N–H and O–H groups in total. The predicted octanol–water partition coefficient (Wildman–Crippen LogP) is 1.73. The van der Waals surface area contributed by atoms with Crippen LogP contribution in [0, 0.1) is 0 Å². The van der Waals surface area contributed by atoms with Crippen LogP contribution in [0.3, 0.4) is 0 Å². The van der Waals surface area contributed by atoms with Crippen LogP contribution < -0.4 is 9.47 Å². The topological polar surface area (TPSA) is 42.0 Å². The minimum Gasteiger partial charge on any atom is -0.454 e. The lowest BCUT2D eigenvalue weighted by atomic mass is 9.99. The number of carbonyl (C=O) groups is 1. The number of carbonyl (C=O) groups excluding carboxylic acids is 1. The van der Waals surface area contributed by atoms with Gasteiger partial charge in [0.2, 0.25) is 6.79 Å². The maximum Gasteiger partial charge on any atom is 0.254 e. The first kappa shape index (κ1) is 13.0. The molecule has 1 unspecified atom stereocenters. The lowest BCUT2D eigenvalue weighted by Gasteiger charge is -2.44.